The molecule has 1 heterocycles. The van der Waals surface area contributed by atoms with Crippen LogP contribution in [-0.4, -0.2) is 25.2 Å². The molecule has 0 bridgehead atoms. The topological polar surface area (TPSA) is 84.0 Å². The number of rotatable bonds is 8. The lowest BCUT2D eigenvalue weighted by molar-refractivity contribution is 0.574. The van der Waals surface area contributed by atoms with E-state index in [1.54, 1.807) is 24.3 Å². The molecular formula is C21H22BrFN4O2S. The van der Waals surface area contributed by atoms with Crippen LogP contribution in [0.5, 0.6) is 0 Å². The standard InChI is InChI=1S/C21H22BrFN4O2S/c1-14(16-4-3-5-18(23)10-16)12-25-30(28,29)21-9-7-17(22)11-20(21)24-13-19-8-6-15(2)26-27-19/h3-11,14,24-25H,12-13H2,1-2H3. The monoisotopic (exact) mass is 492 g/mol. The molecule has 158 valence electrons. The number of hydrogen-bond acceptors (Lipinski definition) is 5. The Morgan fingerprint density at radius 1 is 1.10 bits per heavy atom. The van der Waals surface area contributed by atoms with Gasteiger partial charge in [0, 0.05) is 11.0 Å². The highest BCUT2D eigenvalue weighted by Gasteiger charge is 2.20. The van der Waals surface area contributed by atoms with Gasteiger partial charge < -0.3 is 5.32 Å². The van der Waals surface area contributed by atoms with Crippen LogP contribution in [0.1, 0.15) is 29.8 Å². The summed E-state index contributed by atoms with van der Waals surface area (Å²) in [4.78, 5) is 0.122. The maximum absolute atomic E-state index is 13.4. The molecule has 0 aliphatic rings. The predicted molar refractivity (Wildman–Crippen MR) is 118 cm³/mol. The zero-order valence-electron chi connectivity index (χ0n) is 16.6. The van der Waals surface area contributed by atoms with Crippen LogP contribution >= 0.6 is 15.9 Å². The Morgan fingerprint density at radius 3 is 2.60 bits per heavy atom. The summed E-state index contributed by atoms with van der Waals surface area (Å²) in [6.45, 7) is 4.16. The van der Waals surface area contributed by atoms with Crippen molar-refractivity contribution in [2.45, 2.75) is 31.2 Å². The number of aryl methyl sites for hydroxylation is 1. The predicted octanol–water partition coefficient (Wildman–Crippen LogP) is 4.38. The molecule has 0 fully saturated rings. The first-order chi connectivity index (χ1) is 14.2. The van der Waals surface area contributed by atoms with Gasteiger partial charge in [0.05, 0.1) is 23.6 Å². The van der Waals surface area contributed by atoms with Crippen LogP contribution in [0.25, 0.3) is 0 Å². The van der Waals surface area contributed by atoms with Gasteiger partial charge in [-0.3, -0.25) is 0 Å². The Hall–Kier alpha value is -2.36. The van der Waals surface area contributed by atoms with Crippen molar-refractivity contribution in [3.05, 3.63) is 81.8 Å². The zero-order chi connectivity index (χ0) is 21.7. The lowest BCUT2D eigenvalue weighted by Crippen LogP contribution is -2.28. The molecule has 0 radical (unpaired) electrons. The van der Waals surface area contributed by atoms with Gasteiger partial charge in [0.2, 0.25) is 10.0 Å². The van der Waals surface area contributed by atoms with E-state index in [1.807, 2.05) is 26.0 Å². The van der Waals surface area contributed by atoms with Crippen molar-refractivity contribution in [3.8, 4) is 0 Å². The highest BCUT2D eigenvalue weighted by atomic mass is 79.9. The highest BCUT2D eigenvalue weighted by molar-refractivity contribution is 9.10. The number of nitrogens with zero attached hydrogens (tertiary/aromatic N) is 2. The van der Waals surface area contributed by atoms with E-state index in [0.717, 1.165) is 15.7 Å². The molecule has 1 atom stereocenters. The van der Waals surface area contributed by atoms with Crippen LogP contribution in [-0.2, 0) is 16.6 Å². The van der Waals surface area contributed by atoms with Gasteiger partial charge in [-0.25, -0.2) is 17.5 Å². The van der Waals surface area contributed by atoms with E-state index in [1.165, 1.54) is 18.2 Å². The molecule has 3 rings (SSSR count). The molecule has 0 saturated heterocycles. The highest BCUT2D eigenvalue weighted by Crippen LogP contribution is 2.26. The number of nitrogens with one attached hydrogen (secondary N) is 2. The molecule has 0 aliphatic carbocycles. The Bertz CT molecular complexity index is 1120. The van der Waals surface area contributed by atoms with E-state index in [9.17, 15) is 12.8 Å². The third kappa shape index (κ3) is 5.84. The number of benzene rings is 2. The van der Waals surface area contributed by atoms with Crippen molar-refractivity contribution in [1.29, 1.82) is 0 Å². The fourth-order valence-corrected chi connectivity index (χ4v) is 4.48. The van der Waals surface area contributed by atoms with Crippen molar-refractivity contribution in [1.82, 2.24) is 14.9 Å². The molecule has 30 heavy (non-hydrogen) atoms. The Labute approximate surface area is 184 Å². The molecule has 2 N–H and O–H groups in total. The van der Waals surface area contributed by atoms with E-state index >= 15 is 0 Å². The summed E-state index contributed by atoms with van der Waals surface area (Å²) in [7, 11) is -3.80. The van der Waals surface area contributed by atoms with Crippen LogP contribution in [0.4, 0.5) is 10.1 Å². The van der Waals surface area contributed by atoms with Gasteiger partial charge in [0.25, 0.3) is 0 Å². The van der Waals surface area contributed by atoms with Crippen molar-refractivity contribution < 1.29 is 12.8 Å². The molecule has 9 heteroatoms. The third-order valence-electron chi connectivity index (χ3n) is 4.54. The van der Waals surface area contributed by atoms with E-state index in [-0.39, 0.29) is 23.2 Å². The first-order valence-electron chi connectivity index (χ1n) is 9.32. The third-order valence-corrected chi connectivity index (χ3v) is 6.52. The second-order valence-electron chi connectivity index (χ2n) is 6.97. The average Bonchev–Trinajstić information content (AvgIpc) is 2.71. The first kappa shape index (κ1) is 22.3. The Kier molecular flexibility index (Phi) is 7.17. The molecular weight excluding hydrogens is 471 g/mol. The molecule has 1 aromatic heterocycles. The molecule has 0 spiro atoms. The van der Waals surface area contributed by atoms with Gasteiger partial charge in [0.15, 0.2) is 0 Å². The first-order valence-corrected chi connectivity index (χ1v) is 11.6. The molecule has 6 nitrogen and oxygen atoms in total. The molecule has 0 aliphatic heterocycles. The minimum absolute atomic E-state index is 0.122. The number of sulfonamides is 1. The summed E-state index contributed by atoms with van der Waals surface area (Å²) in [5.74, 6) is -0.536. The SMILES string of the molecule is Cc1ccc(CNc2cc(Br)ccc2S(=O)(=O)NCC(C)c2cccc(F)c2)nn1. The van der Waals surface area contributed by atoms with Gasteiger partial charge in [-0.1, -0.05) is 35.0 Å². The van der Waals surface area contributed by atoms with Gasteiger partial charge >= 0.3 is 0 Å². The normalized spacial score (nSPS) is 12.5. The van der Waals surface area contributed by atoms with Crippen molar-refractivity contribution >= 4 is 31.6 Å². The van der Waals surface area contributed by atoms with Gasteiger partial charge in [-0.15, -0.1) is 0 Å². The van der Waals surface area contributed by atoms with Crippen LogP contribution in [0.3, 0.4) is 0 Å². The largest absolute Gasteiger partial charge is 0.378 e. The second-order valence-corrected chi connectivity index (χ2v) is 9.62. The van der Waals surface area contributed by atoms with Crippen LogP contribution in [0.15, 0.2) is 64.0 Å². The fraction of sp³-hybridized carbons (Fsp3) is 0.238. The lowest BCUT2D eigenvalue weighted by atomic mass is 10.0. The molecule has 0 saturated carbocycles. The maximum Gasteiger partial charge on any atom is 0.242 e. The van der Waals surface area contributed by atoms with E-state index < -0.39 is 10.0 Å². The van der Waals surface area contributed by atoms with E-state index in [2.05, 4.69) is 36.2 Å². The van der Waals surface area contributed by atoms with Crippen molar-refractivity contribution in [2.24, 2.45) is 0 Å². The molecule has 1 unspecified atom stereocenters. The smallest absolute Gasteiger partial charge is 0.242 e. The fourth-order valence-electron chi connectivity index (χ4n) is 2.82. The molecule has 3 aromatic rings. The number of hydrogen-bond donors (Lipinski definition) is 2. The summed E-state index contributed by atoms with van der Waals surface area (Å²) in [6, 6.07) is 14.7. The summed E-state index contributed by atoms with van der Waals surface area (Å²) in [6.07, 6.45) is 0. The van der Waals surface area contributed by atoms with Crippen molar-refractivity contribution in [3.63, 3.8) is 0 Å². The van der Waals surface area contributed by atoms with Crippen molar-refractivity contribution in [2.75, 3.05) is 11.9 Å². The minimum Gasteiger partial charge on any atom is -0.378 e. The molecule has 2 aromatic carbocycles. The summed E-state index contributed by atoms with van der Waals surface area (Å²) < 4.78 is 42.7. The van der Waals surface area contributed by atoms with E-state index in [4.69, 9.17) is 0 Å². The number of aromatic nitrogens is 2. The maximum atomic E-state index is 13.4. The average molecular weight is 493 g/mol. The van der Waals surface area contributed by atoms with Gasteiger partial charge in [-0.05, 0) is 60.9 Å². The van der Waals surface area contributed by atoms with Crippen LogP contribution < -0.4 is 10.0 Å². The Morgan fingerprint density at radius 2 is 1.90 bits per heavy atom. The van der Waals surface area contributed by atoms with Crippen LogP contribution in [0.2, 0.25) is 0 Å². The van der Waals surface area contributed by atoms with Crippen LogP contribution in [0, 0.1) is 12.7 Å². The quantitative estimate of drug-likeness (QED) is 0.487. The van der Waals surface area contributed by atoms with Gasteiger partial charge in [0.1, 0.15) is 10.7 Å². The number of anilines is 1. The summed E-state index contributed by atoms with van der Waals surface area (Å²) >= 11 is 3.38. The van der Waals surface area contributed by atoms with E-state index in [0.29, 0.717) is 17.9 Å². The summed E-state index contributed by atoms with van der Waals surface area (Å²) in [5.41, 5.74) is 2.67. The second kappa shape index (κ2) is 9.63. The summed E-state index contributed by atoms with van der Waals surface area (Å²) in [5, 5.41) is 11.2. The zero-order valence-corrected chi connectivity index (χ0v) is 19.0. The molecule has 0 amide bonds. The lowest BCUT2D eigenvalue weighted by Gasteiger charge is -2.16. The minimum atomic E-state index is -3.80. The number of halogens is 2. The van der Waals surface area contributed by atoms with Gasteiger partial charge in [-0.2, -0.15) is 10.2 Å². The Balaban J connectivity index is 1.75.